The molecule has 2 rings (SSSR count). The summed E-state index contributed by atoms with van der Waals surface area (Å²) in [5, 5.41) is 13.4. The monoisotopic (exact) mass is 267 g/mol. The van der Waals surface area contributed by atoms with Crippen molar-refractivity contribution < 1.29 is 5.11 Å². The fraction of sp³-hybridized carbons (Fsp3) is 0.800. The van der Waals surface area contributed by atoms with E-state index in [1.54, 1.807) is 11.3 Å². The lowest BCUT2D eigenvalue weighted by Gasteiger charge is -2.15. The molecule has 0 aromatic carbocycles. The van der Waals surface area contributed by atoms with Crippen LogP contribution in [0.5, 0.6) is 0 Å². The van der Waals surface area contributed by atoms with Crippen LogP contribution in [0.3, 0.4) is 0 Å². The van der Waals surface area contributed by atoms with Crippen molar-refractivity contribution in [1.29, 1.82) is 0 Å². The van der Waals surface area contributed by atoms with Crippen molar-refractivity contribution in [2.75, 3.05) is 0 Å². The summed E-state index contributed by atoms with van der Waals surface area (Å²) in [6.07, 6.45) is 6.81. The van der Waals surface area contributed by atoms with Crippen LogP contribution >= 0.6 is 11.3 Å². The summed E-state index contributed by atoms with van der Waals surface area (Å²) < 4.78 is 0. The largest absolute Gasteiger partial charge is 0.393 e. The van der Waals surface area contributed by atoms with E-state index in [0.29, 0.717) is 0 Å². The molecule has 0 saturated heterocycles. The molecule has 1 aliphatic carbocycles. The standard InChI is InChI=1S/C15H25NOS/c1-15(2,3)13-10-18-14(16-13)9-12(17)8-11-6-4-5-7-11/h10-12,17H,4-9H2,1-3H3. The number of hydrogen-bond acceptors (Lipinski definition) is 3. The van der Waals surface area contributed by atoms with Gasteiger partial charge < -0.3 is 5.11 Å². The average Bonchev–Trinajstić information content (AvgIpc) is 2.87. The molecule has 0 radical (unpaired) electrons. The van der Waals surface area contributed by atoms with E-state index in [-0.39, 0.29) is 11.5 Å². The number of aliphatic hydroxyl groups excluding tert-OH is 1. The quantitative estimate of drug-likeness (QED) is 0.897. The molecule has 2 nitrogen and oxygen atoms in total. The Morgan fingerprint density at radius 2 is 2.06 bits per heavy atom. The number of rotatable bonds is 4. The van der Waals surface area contributed by atoms with Gasteiger partial charge in [0.05, 0.1) is 16.8 Å². The molecule has 1 aromatic heterocycles. The molecule has 0 aliphatic heterocycles. The van der Waals surface area contributed by atoms with Gasteiger partial charge in [0.25, 0.3) is 0 Å². The zero-order valence-electron chi connectivity index (χ0n) is 11.8. The van der Waals surface area contributed by atoms with E-state index in [0.717, 1.165) is 29.5 Å². The molecule has 1 saturated carbocycles. The van der Waals surface area contributed by atoms with Crippen molar-refractivity contribution in [3.05, 3.63) is 16.1 Å². The molecule has 1 atom stereocenters. The van der Waals surface area contributed by atoms with Crippen molar-refractivity contribution in [3.8, 4) is 0 Å². The highest BCUT2D eigenvalue weighted by Crippen LogP contribution is 2.30. The predicted molar refractivity (Wildman–Crippen MR) is 77.1 cm³/mol. The molecule has 1 heterocycles. The molecule has 0 spiro atoms. The number of thiazole rings is 1. The summed E-state index contributed by atoms with van der Waals surface area (Å²) in [5.74, 6) is 0.752. The zero-order chi connectivity index (χ0) is 13.2. The summed E-state index contributed by atoms with van der Waals surface area (Å²) in [5.41, 5.74) is 1.26. The van der Waals surface area contributed by atoms with Gasteiger partial charge in [0.1, 0.15) is 0 Å². The lowest BCUT2D eigenvalue weighted by Crippen LogP contribution is -2.15. The topological polar surface area (TPSA) is 33.1 Å². The normalized spacial score (nSPS) is 19.3. The first kappa shape index (κ1) is 14.0. The summed E-state index contributed by atoms with van der Waals surface area (Å²) in [6.45, 7) is 6.54. The van der Waals surface area contributed by atoms with Crippen LogP contribution < -0.4 is 0 Å². The third-order valence-corrected chi connectivity index (χ3v) is 4.68. The van der Waals surface area contributed by atoms with E-state index in [1.165, 1.54) is 25.7 Å². The highest BCUT2D eigenvalue weighted by Gasteiger charge is 2.21. The number of nitrogens with zero attached hydrogens (tertiary/aromatic N) is 1. The van der Waals surface area contributed by atoms with Crippen molar-refractivity contribution in [2.24, 2.45) is 5.92 Å². The lowest BCUT2D eigenvalue weighted by atomic mass is 9.93. The van der Waals surface area contributed by atoms with Crippen LogP contribution in [0.25, 0.3) is 0 Å². The van der Waals surface area contributed by atoms with Crippen LogP contribution in [0.1, 0.15) is 63.6 Å². The Labute approximate surface area is 114 Å². The maximum absolute atomic E-state index is 10.1. The number of hydrogen-bond donors (Lipinski definition) is 1. The lowest BCUT2D eigenvalue weighted by molar-refractivity contribution is 0.143. The van der Waals surface area contributed by atoms with Gasteiger partial charge in [-0.25, -0.2) is 4.98 Å². The van der Waals surface area contributed by atoms with Gasteiger partial charge in [-0.2, -0.15) is 0 Å². The molecule has 1 N–H and O–H groups in total. The van der Waals surface area contributed by atoms with Gasteiger partial charge in [-0.1, -0.05) is 46.5 Å². The second-order valence-corrected chi connectivity index (χ2v) is 7.56. The Morgan fingerprint density at radius 3 is 2.61 bits per heavy atom. The van der Waals surface area contributed by atoms with Gasteiger partial charge in [0, 0.05) is 17.2 Å². The third kappa shape index (κ3) is 3.79. The van der Waals surface area contributed by atoms with Crippen LogP contribution in [0.4, 0.5) is 0 Å². The van der Waals surface area contributed by atoms with Gasteiger partial charge in [0.15, 0.2) is 0 Å². The van der Waals surface area contributed by atoms with Crippen LogP contribution in [0, 0.1) is 5.92 Å². The van der Waals surface area contributed by atoms with E-state index in [2.05, 4.69) is 31.1 Å². The van der Waals surface area contributed by atoms with Crippen molar-refractivity contribution in [1.82, 2.24) is 4.98 Å². The fourth-order valence-electron chi connectivity index (χ4n) is 2.66. The summed E-state index contributed by atoms with van der Waals surface area (Å²) in [4.78, 5) is 4.65. The molecule has 18 heavy (non-hydrogen) atoms. The number of aromatic nitrogens is 1. The molecular formula is C15H25NOS. The van der Waals surface area contributed by atoms with E-state index in [9.17, 15) is 5.11 Å². The predicted octanol–water partition coefficient (Wildman–Crippen LogP) is 3.92. The Bertz CT molecular complexity index is 374. The molecule has 1 unspecified atom stereocenters. The van der Waals surface area contributed by atoms with Crippen LogP contribution in [-0.2, 0) is 11.8 Å². The molecule has 1 aromatic rings. The van der Waals surface area contributed by atoms with Crippen LogP contribution in [0.2, 0.25) is 0 Å². The highest BCUT2D eigenvalue weighted by atomic mass is 32.1. The maximum Gasteiger partial charge on any atom is 0.0954 e. The Hall–Kier alpha value is -0.410. The maximum atomic E-state index is 10.1. The Kier molecular flexibility index (Phi) is 4.44. The minimum Gasteiger partial charge on any atom is -0.393 e. The van der Waals surface area contributed by atoms with Crippen LogP contribution in [0.15, 0.2) is 5.38 Å². The first-order valence-electron chi connectivity index (χ1n) is 7.08. The smallest absolute Gasteiger partial charge is 0.0954 e. The Morgan fingerprint density at radius 1 is 1.39 bits per heavy atom. The molecule has 0 amide bonds. The average molecular weight is 267 g/mol. The summed E-state index contributed by atoms with van der Waals surface area (Å²) >= 11 is 1.69. The minimum absolute atomic E-state index is 0.116. The zero-order valence-corrected chi connectivity index (χ0v) is 12.6. The van der Waals surface area contributed by atoms with Crippen molar-refractivity contribution in [2.45, 2.75) is 70.8 Å². The minimum atomic E-state index is -0.202. The SMILES string of the molecule is CC(C)(C)c1csc(CC(O)CC2CCCC2)n1. The Balaban J connectivity index is 1.86. The van der Waals surface area contributed by atoms with Gasteiger partial charge in [0.2, 0.25) is 0 Å². The van der Waals surface area contributed by atoms with E-state index >= 15 is 0 Å². The van der Waals surface area contributed by atoms with E-state index in [4.69, 9.17) is 0 Å². The molecule has 3 heteroatoms. The summed E-state index contributed by atoms with van der Waals surface area (Å²) in [7, 11) is 0. The van der Waals surface area contributed by atoms with Gasteiger partial charge in [-0.3, -0.25) is 0 Å². The molecule has 1 fully saturated rings. The van der Waals surface area contributed by atoms with Crippen LogP contribution in [-0.4, -0.2) is 16.2 Å². The number of aliphatic hydroxyl groups is 1. The molecule has 0 bridgehead atoms. The van der Waals surface area contributed by atoms with Crippen molar-refractivity contribution in [3.63, 3.8) is 0 Å². The third-order valence-electron chi connectivity index (χ3n) is 3.81. The van der Waals surface area contributed by atoms with Crippen molar-refractivity contribution >= 4 is 11.3 Å². The molecule has 1 aliphatic rings. The van der Waals surface area contributed by atoms with Gasteiger partial charge in [-0.15, -0.1) is 11.3 Å². The highest BCUT2D eigenvalue weighted by molar-refractivity contribution is 7.09. The first-order valence-corrected chi connectivity index (χ1v) is 7.96. The van der Waals surface area contributed by atoms with E-state index in [1.807, 2.05) is 0 Å². The second kappa shape index (κ2) is 5.70. The van der Waals surface area contributed by atoms with Gasteiger partial charge in [-0.05, 0) is 12.3 Å². The summed E-state index contributed by atoms with van der Waals surface area (Å²) in [6, 6.07) is 0. The van der Waals surface area contributed by atoms with E-state index < -0.39 is 0 Å². The van der Waals surface area contributed by atoms with Gasteiger partial charge >= 0.3 is 0 Å². The molecular weight excluding hydrogens is 242 g/mol. The fourth-order valence-corrected chi connectivity index (χ4v) is 3.76. The first-order chi connectivity index (χ1) is 8.45. The second-order valence-electron chi connectivity index (χ2n) is 6.62. The molecule has 102 valence electrons.